The summed E-state index contributed by atoms with van der Waals surface area (Å²) in [4.78, 5) is 4.93. The Morgan fingerprint density at radius 1 is 1.62 bits per heavy atom. The van der Waals surface area contributed by atoms with E-state index in [1.807, 2.05) is 0 Å². The first-order chi connectivity index (χ1) is 3.89. The van der Waals surface area contributed by atoms with E-state index in [2.05, 4.69) is 5.48 Å². The van der Waals surface area contributed by atoms with Gasteiger partial charge in [0.25, 0.3) is 0 Å². The van der Waals surface area contributed by atoms with Crippen LogP contribution in [0.15, 0.2) is 0 Å². The molecule has 8 heavy (non-hydrogen) atoms. The van der Waals surface area contributed by atoms with Crippen LogP contribution in [0.4, 0.5) is 0 Å². The molecule has 1 aliphatic rings. The molecule has 1 heterocycles. The first kappa shape index (κ1) is 6.01. The molecule has 3 N–H and O–H groups in total. The number of nitrogens with one attached hydrogen (secondary N) is 1. The summed E-state index contributed by atoms with van der Waals surface area (Å²) in [5.41, 5.74) is 8.37. The molecule has 0 aromatic carbocycles. The third kappa shape index (κ3) is 1.78. The summed E-state index contributed by atoms with van der Waals surface area (Å²) in [7, 11) is 0. The molecule has 1 atom stereocenters. The van der Waals surface area contributed by atoms with Gasteiger partial charge in [-0.05, 0) is 12.8 Å². The SMILES string of the molecule is NC1CCCNOC1. The van der Waals surface area contributed by atoms with Crippen molar-refractivity contribution < 1.29 is 4.84 Å². The van der Waals surface area contributed by atoms with Gasteiger partial charge in [-0.15, -0.1) is 0 Å². The maximum Gasteiger partial charge on any atom is 0.0833 e. The fourth-order valence-corrected chi connectivity index (χ4v) is 0.758. The van der Waals surface area contributed by atoms with Crippen molar-refractivity contribution in [3.8, 4) is 0 Å². The molecular formula is C5H12N2O. The van der Waals surface area contributed by atoms with E-state index in [1.54, 1.807) is 0 Å². The van der Waals surface area contributed by atoms with Gasteiger partial charge in [-0.3, -0.25) is 0 Å². The summed E-state index contributed by atoms with van der Waals surface area (Å²) < 4.78 is 0. The van der Waals surface area contributed by atoms with Crippen molar-refractivity contribution in [1.82, 2.24) is 5.48 Å². The van der Waals surface area contributed by atoms with Gasteiger partial charge in [0.15, 0.2) is 0 Å². The second kappa shape index (κ2) is 3.02. The van der Waals surface area contributed by atoms with Gasteiger partial charge >= 0.3 is 0 Å². The van der Waals surface area contributed by atoms with E-state index in [0.717, 1.165) is 19.4 Å². The van der Waals surface area contributed by atoms with E-state index in [9.17, 15) is 0 Å². The molecule has 1 rings (SSSR count). The van der Waals surface area contributed by atoms with Crippen molar-refractivity contribution in [2.45, 2.75) is 18.9 Å². The van der Waals surface area contributed by atoms with Crippen molar-refractivity contribution in [3.05, 3.63) is 0 Å². The highest BCUT2D eigenvalue weighted by molar-refractivity contribution is 4.61. The molecule has 0 aromatic heterocycles. The molecule has 0 spiro atoms. The molecule has 0 aromatic rings. The Hall–Kier alpha value is -0.120. The van der Waals surface area contributed by atoms with Gasteiger partial charge in [-0.2, -0.15) is 0 Å². The molecule has 1 aliphatic heterocycles. The van der Waals surface area contributed by atoms with Crippen molar-refractivity contribution in [1.29, 1.82) is 0 Å². The lowest BCUT2D eigenvalue weighted by Crippen LogP contribution is -2.25. The molecule has 3 heteroatoms. The Labute approximate surface area is 49.2 Å². The number of rotatable bonds is 0. The largest absolute Gasteiger partial charge is 0.326 e. The number of hydrogen-bond acceptors (Lipinski definition) is 3. The van der Waals surface area contributed by atoms with Crippen LogP contribution < -0.4 is 11.2 Å². The Kier molecular flexibility index (Phi) is 2.27. The van der Waals surface area contributed by atoms with E-state index >= 15 is 0 Å². The van der Waals surface area contributed by atoms with E-state index in [-0.39, 0.29) is 6.04 Å². The fraction of sp³-hybridized carbons (Fsp3) is 1.00. The molecule has 1 fully saturated rings. The van der Waals surface area contributed by atoms with Crippen LogP contribution in [-0.2, 0) is 4.84 Å². The average molecular weight is 116 g/mol. The predicted octanol–water partition coefficient (Wildman–Crippen LogP) is -0.371. The van der Waals surface area contributed by atoms with Crippen LogP contribution in [0.25, 0.3) is 0 Å². The second-order valence-corrected chi connectivity index (χ2v) is 2.11. The summed E-state index contributed by atoms with van der Waals surface area (Å²) in [5.74, 6) is 0. The van der Waals surface area contributed by atoms with Crippen LogP contribution in [0.2, 0.25) is 0 Å². The first-order valence-electron chi connectivity index (χ1n) is 3.00. The molecule has 0 aliphatic carbocycles. The van der Waals surface area contributed by atoms with E-state index in [0.29, 0.717) is 6.61 Å². The molecule has 48 valence electrons. The highest BCUT2D eigenvalue weighted by atomic mass is 16.6. The third-order valence-corrected chi connectivity index (χ3v) is 1.25. The maximum atomic E-state index is 5.57. The Morgan fingerprint density at radius 3 is 3.38 bits per heavy atom. The van der Waals surface area contributed by atoms with Crippen LogP contribution in [0.5, 0.6) is 0 Å². The quantitative estimate of drug-likeness (QED) is 0.454. The zero-order valence-electron chi connectivity index (χ0n) is 4.89. The standard InChI is InChI=1S/C5H12N2O/c6-5-2-1-3-7-8-4-5/h5,7H,1-4,6H2. The first-order valence-corrected chi connectivity index (χ1v) is 3.00. The Balaban J connectivity index is 2.17. The topological polar surface area (TPSA) is 47.3 Å². The smallest absolute Gasteiger partial charge is 0.0833 e. The summed E-state index contributed by atoms with van der Waals surface area (Å²) >= 11 is 0. The van der Waals surface area contributed by atoms with Crippen molar-refractivity contribution in [2.75, 3.05) is 13.2 Å². The van der Waals surface area contributed by atoms with Crippen molar-refractivity contribution >= 4 is 0 Å². The lowest BCUT2D eigenvalue weighted by atomic mass is 10.2. The molecule has 1 saturated heterocycles. The predicted molar refractivity (Wildman–Crippen MR) is 31.2 cm³/mol. The van der Waals surface area contributed by atoms with Crippen molar-refractivity contribution in [3.63, 3.8) is 0 Å². The Bertz CT molecular complexity index is 59.4. The molecule has 0 bridgehead atoms. The highest BCUT2D eigenvalue weighted by Gasteiger charge is 2.05. The lowest BCUT2D eigenvalue weighted by Gasteiger charge is -2.03. The fourth-order valence-electron chi connectivity index (χ4n) is 0.758. The molecule has 0 amide bonds. The van der Waals surface area contributed by atoms with Crippen LogP contribution in [0, 0.1) is 0 Å². The molecule has 0 saturated carbocycles. The van der Waals surface area contributed by atoms with Crippen molar-refractivity contribution in [2.24, 2.45) is 5.73 Å². The van der Waals surface area contributed by atoms with Gasteiger partial charge in [-0.25, -0.2) is 5.48 Å². The van der Waals surface area contributed by atoms with Gasteiger partial charge in [0.1, 0.15) is 0 Å². The second-order valence-electron chi connectivity index (χ2n) is 2.11. The van der Waals surface area contributed by atoms with E-state index < -0.39 is 0 Å². The van der Waals surface area contributed by atoms with E-state index in [1.165, 1.54) is 0 Å². The number of nitrogens with two attached hydrogens (primary N) is 1. The van der Waals surface area contributed by atoms with E-state index in [4.69, 9.17) is 10.6 Å². The third-order valence-electron chi connectivity index (χ3n) is 1.25. The van der Waals surface area contributed by atoms with Gasteiger partial charge in [0.05, 0.1) is 6.61 Å². The Morgan fingerprint density at radius 2 is 2.50 bits per heavy atom. The minimum Gasteiger partial charge on any atom is -0.326 e. The molecule has 3 nitrogen and oxygen atoms in total. The highest BCUT2D eigenvalue weighted by Crippen LogP contribution is 1.96. The normalized spacial score (nSPS) is 31.9. The molecule has 0 radical (unpaired) electrons. The van der Waals surface area contributed by atoms with Gasteiger partial charge in [0.2, 0.25) is 0 Å². The van der Waals surface area contributed by atoms with Crippen LogP contribution in [-0.4, -0.2) is 19.2 Å². The minimum atomic E-state index is 0.241. The molecular weight excluding hydrogens is 104 g/mol. The number of hydrogen-bond donors (Lipinski definition) is 2. The van der Waals surface area contributed by atoms with Gasteiger partial charge in [-0.1, -0.05) is 0 Å². The summed E-state index contributed by atoms with van der Waals surface area (Å²) in [5, 5.41) is 0. The zero-order chi connectivity index (χ0) is 5.82. The average Bonchev–Trinajstić information content (AvgIpc) is 1.94. The van der Waals surface area contributed by atoms with Gasteiger partial charge < -0.3 is 10.6 Å². The monoisotopic (exact) mass is 116 g/mol. The summed E-state index contributed by atoms with van der Waals surface area (Å²) in [6.45, 7) is 1.59. The summed E-state index contributed by atoms with van der Waals surface area (Å²) in [6, 6.07) is 0.241. The van der Waals surface area contributed by atoms with Gasteiger partial charge in [0, 0.05) is 12.6 Å². The summed E-state index contributed by atoms with van der Waals surface area (Å²) in [6.07, 6.45) is 2.20. The zero-order valence-corrected chi connectivity index (χ0v) is 4.89. The van der Waals surface area contributed by atoms with Crippen LogP contribution in [0.3, 0.4) is 0 Å². The number of hydroxylamine groups is 1. The van der Waals surface area contributed by atoms with Crippen LogP contribution in [0.1, 0.15) is 12.8 Å². The lowest BCUT2D eigenvalue weighted by molar-refractivity contribution is 0.0462. The molecule has 1 unspecified atom stereocenters. The maximum absolute atomic E-state index is 5.57. The van der Waals surface area contributed by atoms with Crippen LogP contribution >= 0.6 is 0 Å². The minimum absolute atomic E-state index is 0.241.